The van der Waals surface area contributed by atoms with Crippen molar-refractivity contribution >= 4 is 28.4 Å². The molecule has 1 heterocycles. The molecule has 0 saturated heterocycles. The number of nitrogens with two attached hydrogens (primary N) is 1. The van der Waals surface area contributed by atoms with Gasteiger partial charge in [0.15, 0.2) is 0 Å². The summed E-state index contributed by atoms with van der Waals surface area (Å²) >= 11 is 1.57. The largest absolute Gasteiger partial charge is 0.397 e. The molecule has 1 aromatic heterocycles. The summed E-state index contributed by atoms with van der Waals surface area (Å²) in [6, 6.07) is 5.08. The molecule has 0 aliphatic heterocycles. The lowest BCUT2D eigenvalue weighted by Gasteiger charge is -2.05. The molecule has 16 heavy (non-hydrogen) atoms. The van der Waals surface area contributed by atoms with E-state index in [1.165, 1.54) is 0 Å². The van der Waals surface area contributed by atoms with E-state index in [2.05, 4.69) is 15.5 Å². The molecule has 82 valence electrons. The highest BCUT2D eigenvalue weighted by atomic mass is 32.1. The summed E-state index contributed by atoms with van der Waals surface area (Å²) in [6.45, 7) is 0.625. The number of hydrogen-bond acceptors (Lipinski definition) is 6. The fourth-order valence-corrected chi connectivity index (χ4v) is 1.81. The Hall–Kier alpha value is -1.95. The summed E-state index contributed by atoms with van der Waals surface area (Å²) in [7, 11) is 0. The number of aromatic nitrogens is 1. The predicted octanol–water partition coefficient (Wildman–Crippen LogP) is 2.74. The number of nitroso groups, excluding NO2 is 1. The quantitative estimate of drug-likeness (QED) is 0.629. The molecule has 0 amide bonds. The molecule has 1 aromatic carbocycles. The van der Waals surface area contributed by atoms with Crippen molar-refractivity contribution in [2.45, 2.75) is 6.54 Å². The number of benzene rings is 1. The highest BCUT2D eigenvalue weighted by Crippen LogP contribution is 2.25. The zero-order valence-electron chi connectivity index (χ0n) is 8.38. The van der Waals surface area contributed by atoms with Crippen LogP contribution in [0.15, 0.2) is 35.0 Å². The molecule has 0 radical (unpaired) electrons. The van der Waals surface area contributed by atoms with E-state index >= 15 is 0 Å². The topological polar surface area (TPSA) is 80.4 Å². The molecule has 6 heteroatoms. The van der Waals surface area contributed by atoms with Gasteiger partial charge in [-0.3, -0.25) is 0 Å². The third-order valence-corrected chi connectivity index (χ3v) is 2.84. The van der Waals surface area contributed by atoms with Crippen LogP contribution >= 0.6 is 11.3 Å². The number of anilines is 2. The molecule has 0 spiro atoms. The summed E-state index contributed by atoms with van der Waals surface area (Å²) in [5, 5.41) is 8.89. The molecule has 0 bridgehead atoms. The minimum atomic E-state index is 0.254. The van der Waals surface area contributed by atoms with Crippen molar-refractivity contribution in [3.8, 4) is 0 Å². The average molecular weight is 234 g/mol. The van der Waals surface area contributed by atoms with Gasteiger partial charge in [0.05, 0.1) is 12.2 Å². The van der Waals surface area contributed by atoms with Gasteiger partial charge in [0, 0.05) is 17.3 Å². The van der Waals surface area contributed by atoms with Gasteiger partial charge in [-0.15, -0.1) is 16.2 Å². The van der Waals surface area contributed by atoms with Crippen LogP contribution in [0, 0.1) is 4.91 Å². The second-order valence-corrected chi connectivity index (χ2v) is 4.12. The third-order valence-electron chi connectivity index (χ3n) is 2.06. The van der Waals surface area contributed by atoms with Crippen molar-refractivity contribution < 1.29 is 0 Å². The lowest BCUT2D eigenvalue weighted by atomic mass is 10.2. The molecule has 0 atom stereocenters. The average Bonchev–Trinajstić information content (AvgIpc) is 2.81. The summed E-state index contributed by atoms with van der Waals surface area (Å²) in [5.41, 5.74) is 7.00. The van der Waals surface area contributed by atoms with E-state index in [0.717, 1.165) is 10.7 Å². The van der Waals surface area contributed by atoms with Gasteiger partial charge in [-0.05, 0) is 23.4 Å². The number of nitrogen functional groups attached to an aromatic ring is 1. The Morgan fingerprint density at radius 3 is 3.06 bits per heavy atom. The summed E-state index contributed by atoms with van der Waals surface area (Å²) < 4.78 is 0. The number of hydrogen-bond donors (Lipinski definition) is 2. The maximum atomic E-state index is 10.4. The van der Waals surface area contributed by atoms with Crippen LogP contribution in [0.5, 0.6) is 0 Å². The highest BCUT2D eigenvalue weighted by Gasteiger charge is 2.01. The van der Waals surface area contributed by atoms with Gasteiger partial charge in [-0.1, -0.05) is 0 Å². The van der Waals surface area contributed by atoms with Crippen LogP contribution in [0.3, 0.4) is 0 Å². The van der Waals surface area contributed by atoms with Crippen molar-refractivity contribution in [1.29, 1.82) is 0 Å². The number of nitrogens with one attached hydrogen (secondary N) is 1. The summed E-state index contributed by atoms with van der Waals surface area (Å²) in [4.78, 5) is 14.6. The Morgan fingerprint density at radius 1 is 1.50 bits per heavy atom. The van der Waals surface area contributed by atoms with Gasteiger partial charge >= 0.3 is 0 Å². The van der Waals surface area contributed by atoms with E-state index in [4.69, 9.17) is 5.73 Å². The van der Waals surface area contributed by atoms with Gasteiger partial charge in [-0.2, -0.15) is 0 Å². The molecule has 0 fully saturated rings. The fraction of sp³-hybridized carbons (Fsp3) is 0.100. The summed E-state index contributed by atoms with van der Waals surface area (Å²) in [6.07, 6.45) is 1.75. The molecule has 0 aliphatic rings. The standard InChI is InChI=1S/C10H10N4OS/c11-8-2-1-7(5-9(8)14-15)13-6-10-12-3-4-16-10/h1-5,13H,6,11H2. The van der Waals surface area contributed by atoms with Crippen molar-refractivity contribution in [3.63, 3.8) is 0 Å². The lowest BCUT2D eigenvalue weighted by molar-refractivity contribution is 1.10. The first kappa shape index (κ1) is 10.6. The Bertz CT molecular complexity index is 484. The first-order valence-corrected chi connectivity index (χ1v) is 5.52. The van der Waals surface area contributed by atoms with Crippen LogP contribution < -0.4 is 11.1 Å². The molecule has 2 rings (SSSR count). The Labute approximate surface area is 96.3 Å². The maximum absolute atomic E-state index is 10.4. The predicted molar refractivity (Wildman–Crippen MR) is 65.8 cm³/mol. The molecular formula is C10H10N4OS. The Kier molecular flexibility index (Phi) is 3.11. The van der Waals surface area contributed by atoms with E-state index in [1.807, 2.05) is 5.38 Å². The van der Waals surface area contributed by atoms with E-state index in [0.29, 0.717) is 12.2 Å². The number of rotatable bonds is 4. The first-order valence-electron chi connectivity index (χ1n) is 4.64. The van der Waals surface area contributed by atoms with E-state index in [1.54, 1.807) is 35.7 Å². The van der Waals surface area contributed by atoms with Gasteiger partial charge < -0.3 is 11.1 Å². The van der Waals surface area contributed by atoms with Crippen LogP contribution in [-0.2, 0) is 6.54 Å². The number of thiazole rings is 1. The minimum Gasteiger partial charge on any atom is -0.397 e. The molecule has 2 aromatic rings. The van der Waals surface area contributed by atoms with Crippen LogP contribution in [0.25, 0.3) is 0 Å². The van der Waals surface area contributed by atoms with Crippen molar-refractivity contribution in [3.05, 3.63) is 39.7 Å². The zero-order chi connectivity index (χ0) is 11.4. The molecule has 0 aliphatic carbocycles. The fourth-order valence-electron chi connectivity index (χ4n) is 1.25. The molecule has 0 saturated carbocycles. The van der Waals surface area contributed by atoms with Gasteiger partial charge in [-0.25, -0.2) is 4.98 Å². The SMILES string of the molecule is Nc1ccc(NCc2nccs2)cc1N=O. The second kappa shape index (κ2) is 4.71. The number of nitrogens with zero attached hydrogens (tertiary/aromatic N) is 2. The van der Waals surface area contributed by atoms with E-state index in [-0.39, 0.29) is 5.69 Å². The molecular weight excluding hydrogens is 224 g/mol. The monoisotopic (exact) mass is 234 g/mol. The van der Waals surface area contributed by atoms with Crippen molar-refractivity contribution in [1.82, 2.24) is 4.98 Å². The molecule has 5 nitrogen and oxygen atoms in total. The van der Waals surface area contributed by atoms with Gasteiger partial charge in [0.2, 0.25) is 0 Å². The summed E-state index contributed by atoms with van der Waals surface area (Å²) in [5.74, 6) is 0. The normalized spacial score (nSPS) is 10.0. The van der Waals surface area contributed by atoms with Crippen LogP contribution in [0.4, 0.5) is 17.1 Å². The molecule has 3 N–H and O–H groups in total. The Morgan fingerprint density at radius 2 is 2.38 bits per heavy atom. The van der Waals surface area contributed by atoms with E-state index < -0.39 is 0 Å². The second-order valence-electron chi connectivity index (χ2n) is 3.14. The third kappa shape index (κ3) is 2.34. The minimum absolute atomic E-state index is 0.254. The first-order chi connectivity index (χ1) is 7.79. The highest BCUT2D eigenvalue weighted by molar-refractivity contribution is 7.09. The smallest absolute Gasteiger partial charge is 0.132 e. The van der Waals surface area contributed by atoms with Crippen molar-refractivity contribution in [2.24, 2.45) is 5.18 Å². The van der Waals surface area contributed by atoms with Crippen LogP contribution in [0.1, 0.15) is 5.01 Å². The lowest BCUT2D eigenvalue weighted by Crippen LogP contribution is -1.98. The maximum Gasteiger partial charge on any atom is 0.132 e. The van der Waals surface area contributed by atoms with Gasteiger partial charge in [0.1, 0.15) is 10.7 Å². The Balaban J connectivity index is 2.07. The van der Waals surface area contributed by atoms with Gasteiger partial charge in [0.25, 0.3) is 0 Å². The van der Waals surface area contributed by atoms with Crippen molar-refractivity contribution in [2.75, 3.05) is 11.1 Å². The van der Waals surface area contributed by atoms with E-state index in [9.17, 15) is 4.91 Å². The zero-order valence-corrected chi connectivity index (χ0v) is 9.20. The molecule has 0 unspecified atom stereocenters. The van der Waals surface area contributed by atoms with Crippen LogP contribution in [-0.4, -0.2) is 4.98 Å². The van der Waals surface area contributed by atoms with Crippen LogP contribution in [0.2, 0.25) is 0 Å².